The number of fused-ring (bicyclic) bond motifs is 1. The molecule has 1 heterocycles. The highest BCUT2D eigenvalue weighted by Crippen LogP contribution is 2.29. The Kier molecular flexibility index (Phi) is 11.4. The Morgan fingerprint density at radius 1 is 1.08 bits per heavy atom. The fourth-order valence-electron chi connectivity index (χ4n) is 4.92. The van der Waals surface area contributed by atoms with Crippen molar-refractivity contribution in [2.75, 3.05) is 52.3 Å². The highest BCUT2D eigenvalue weighted by molar-refractivity contribution is 5.98. The van der Waals surface area contributed by atoms with E-state index in [1.807, 2.05) is 50.2 Å². The first-order chi connectivity index (χ1) is 18.2. The van der Waals surface area contributed by atoms with E-state index in [-0.39, 0.29) is 36.7 Å². The number of hydrogen-bond donors (Lipinski definition) is 1. The third-order valence-electron chi connectivity index (χ3n) is 7.34. The number of benzene rings is 2. The second-order valence-electron chi connectivity index (χ2n) is 11.1. The maximum absolute atomic E-state index is 14.1. The molecule has 4 atom stereocenters. The van der Waals surface area contributed by atoms with E-state index in [4.69, 9.17) is 9.47 Å². The van der Waals surface area contributed by atoms with E-state index in [2.05, 4.69) is 50.1 Å². The summed E-state index contributed by atoms with van der Waals surface area (Å²) in [5, 5.41) is 10.1. The number of amides is 1. The van der Waals surface area contributed by atoms with E-state index < -0.39 is 0 Å². The summed E-state index contributed by atoms with van der Waals surface area (Å²) in [6.07, 6.45) is 2.77. The molecule has 7 nitrogen and oxygen atoms in total. The number of anilines is 1. The number of ether oxygens (including phenoxy) is 2. The van der Waals surface area contributed by atoms with Gasteiger partial charge in [-0.25, -0.2) is 0 Å². The summed E-state index contributed by atoms with van der Waals surface area (Å²) in [5.74, 6) is 0.538. The molecule has 0 saturated heterocycles. The summed E-state index contributed by atoms with van der Waals surface area (Å²) in [6, 6.07) is 15.9. The van der Waals surface area contributed by atoms with Crippen molar-refractivity contribution < 1.29 is 19.4 Å². The summed E-state index contributed by atoms with van der Waals surface area (Å²) in [4.78, 5) is 20.1. The van der Waals surface area contributed by atoms with Crippen LogP contribution < -0.4 is 9.64 Å². The van der Waals surface area contributed by atoms with Crippen molar-refractivity contribution >= 4 is 11.6 Å². The lowest BCUT2D eigenvalue weighted by molar-refractivity contribution is -0.0177. The maximum atomic E-state index is 14.1. The molecule has 1 aliphatic rings. The van der Waals surface area contributed by atoms with Crippen LogP contribution in [0.25, 0.3) is 0 Å². The Morgan fingerprint density at radius 3 is 2.50 bits per heavy atom. The van der Waals surface area contributed by atoms with Crippen LogP contribution in [0.15, 0.2) is 48.5 Å². The first-order valence-corrected chi connectivity index (χ1v) is 13.9. The van der Waals surface area contributed by atoms with Crippen LogP contribution in [-0.2, 0) is 11.3 Å². The van der Waals surface area contributed by atoms with Crippen LogP contribution in [0, 0.1) is 5.92 Å². The molecule has 7 heteroatoms. The highest BCUT2D eigenvalue weighted by atomic mass is 16.5. The number of carbonyl (C=O) groups excluding carboxylic acids is 1. The van der Waals surface area contributed by atoms with Gasteiger partial charge in [-0.05, 0) is 63.9 Å². The summed E-state index contributed by atoms with van der Waals surface area (Å²) in [5.41, 5.74) is 2.73. The van der Waals surface area contributed by atoms with Crippen LogP contribution in [-0.4, -0.2) is 86.5 Å². The van der Waals surface area contributed by atoms with Crippen molar-refractivity contribution in [1.29, 1.82) is 0 Å². The monoisotopic (exact) mass is 525 g/mol. The Morgan fingerprint density at radius 2 is 1.82 bits per heavy atom. The van der Waals surface area contributed by atoms with E-state index in [9.17, 15) is 9.90 Å². The predicted octanol–water partition coefficient (Wildman–Crippen LogP) is 4.68. The maximum Gasteiger partial charge on any atom is 0.258 e. The van der Waals surface area contributed by atoms with Gasteiger partial charge in [0.15, 0.2) is 0 Å². The average Bonchev–Trinajstić information content (AvgIpc) is 2.90. The molecule has 210 valence electrons. The molecule has 0 aromatic heterocycles. The van der Waals surface area contributed by atoms with Crippen molar-refractivity contribution in [2.45, 2.75) is 64.8 Å². The van der Waals surface area contributed by atoms with Crippen LogP contribution in [0.2, 0.25) is 0 Å². The number of rotatable bonds is 7. The smallest absolute Gasteiger partial charge is 0.258 e. The average molecular weight is 526 g/mol. The molecule has 0 radical (unpaired) electrons. The van der Waals surface area contributed by atoms with Gasteiger partial charge in [-0.15, -0.1) is 0 Å². The minimum Gasteiger partial charge on any atom is -0.490 e. The molecule has 0 bridgehead atoms. The van der Waals surface area contributed by atoms with Gasteiger partial charge in [0.05, 0.1) is 30.4 Å². The molecule has 1 N–H and O–H groups in total. The highest BCUT2D eigenvalue weighted by Gasteiger charge is 2.30. The number of likely N-dealkylation sites (N-methyl/N-ethyl adjacent to an activating group) is 1. The largest absolute Gasteiger partial charge is 0.490 e. The number of nitrogens with zero attached hydrogens (tertiary/aromatic N) is 3. The predicted molar refractivity (Wildman–Crippen MR) is 154 cm³/mol. The molecular weight excluding hydrogens is 478 g/mol. The quantitative estimate of drug-likeness (QED) is 0.566. The SMILES string of the molecule is C[C@@H]1CN([C@@H](C)CO)C(=O)c2cc(N(C)C)ccc2O[C@@H](C)CCCCO[C@H]1CN(C)Cc1ccccc1. The van der Waals surface area contributed by atoms with Gasteiger partial charge in [-0.1, -0.05) is 37.3 Å². The minimum absolute atomic E-state index is 0.0230. The van der Waals surface area contributed by atoms with Crippen molar-refractivity contribution in [3.05, 3.63) is 59.7 Å². The number of hydrogen-bond acceptors (Lipinski definition) is 6. The first kappa shape index (κ1) is 29.9. The van der Waals surface area contributed by atoms with E-state index >= 15 is 0 Å². The first-order valence-electron chi connectivity index (χ1n) is 13.9. The fraction of sp³-hybridized carbons (Fsp3) is 0.581. The van der Waals surface area contributed by atoms with Gasteiger partial charge in [0.1, 0.15) is 5.75 Å². The van der Waals surface area contributed by atoms with Crippen molar-refractivity contribution in [3.63, 3.8) is 0 Å². The zero-order chi connectivity index (χ0) is 27.7. The van der Waals surface area contributed by atoms with E-state index in [0.717, 1.165) is 38.0 Å². The lowest BCUT2D eigenvalue weighted by Gasteiger charge is -2.36. The van der Waals surface area contributed by atoms with Gasteiger partial charge < -0.3 is 24.4 Å². The van der Waals surface area contributed by atoms with Crippen LogP contribution in [0.4, 0.5) is 5.69 Å². The minimum atomic E-state index is -0.339. The standard InChI is InChI=1S/C31H47N3O4/c1-23-19-34(24(2)22-35)31(36)28-18-27(32(4)5)15-16-29(28)38-25(3)12-10-11-17-37-30(23)21-33(6)20-26-13-8-7-9-14-26/h7-9,13-16,18,23-25,30,35H,10-12,17,19-22H2,1-6H3/t23-,24+,25+,30+/m1/s1. The molecule has 0 spiro atoms. The topological polar surface area (TPSA) is 65.5 Å². The van der Waals surface area contributed by atoms with Gasteiger partial charge in [-0.3, -0.25) is 9.69 Å². The van der Waals surface area contributed by atoms with Gasteiger partial charge in [0, 0.05) is 51.9 Å². The van der Waals surface area contributed by atoms with Crippen LogP contribution in [0.5, 0.6) is 5.75 Å². The van der Waals surface area contributed by atoms with Gasteiger partial charge in [0.2, 0.25) is 0 Å². The second kappa shape index (κ2) is 14.5. The molecule has 0 unspecified atom stereocenters. The molecule has 0 aliphatic carbocycles. The number of carbonyl (C=O) groups is 1. The van der Waals surface area contributed by atoms with Crippen molar-refractivity contribution in [3.8, 4) is 5.75 Å². The summed E-state index contributed by atoms with van der Waals surface area (Å²) in [7, 11) is 6.04. The number of aliphatic hydroxyl groups is 1. The van der Waals surface area contributed by atoms with Gasteiger partial charge >= 0.3 is 0 Å². The van der Waals surface area contributed by atoms with Crippen molar-refractivity contribution in [1.82, 2.24) is 9.80 Å². The lowest BCUT2D eigenvalue weighted by Crippen LogP contribution is -2.47. The molecule has 2 aromatic rings. The summed E-state index contributed by atoms with van der Waals surface area (Å²) >= 11 is 0. The normalized spacial score (nSPS) is 22.4. The molecule has 1 amide bonds. The third-order valence-corrected chi connectivity index (χ3v) is 7.34. The van der Waals surface area contributed by atoms with E-state index in [1.165, 1.54) is 5.56 Å². The zero-order valence-electron chi connectivity index (χ0n) is 24.1. The summed E-state index contributed by atoms with van der Waals surface area (Å²) in [6.45, 7) is 8.72. The Hall–Kier alpha value is -2.61. The number of aliphatic hydroxyl groups excluding tert-OH is 1. The summed E-state index contributed by atoms with van der Waals surface area (Å²) < 4.78 is 12.8. The Labute approximate surface area is 229 Å². The molecule has 1 aliphatic heterocycles. The molecule has 38 heavy (non-hydrogen) atoms. The molecule has 3 rings (SSSR count). The lowest BCUT2D eigenvalue weighted by atomic mass is 10.0. The van der Waals surface area contributed by atoms with Crippen LogP contribution in [0.3, 0.4) is 0 Å². The Balaban J connectivity index is 1.90. The second-order valence-corrected chi connectivity index (χ2v) is 11.1. The van der Waals surface area contributed by atoms with Crippen molar-refractivity contribution in [2.24, 2.45) is 5.92 Å². The third kappa shape index (κ3) is 8.45. The molecule has 2 aromatic carbocycles. The van der Waals surface area contributed by atoms with Crippen LogP contribution in [0.1, 0.15) is 56.0 Å². The fourth-order valence-corrected chi connectivity index (χ4v) is 4.92. The van der Waals surface area contributed by atoms with Gasteiger partial charge in [-0.2, -0.15) is 0 Å². The van der Waals surface area contributed by atoms with E-state index in [1.54, 1.807) is 4.90 Å². The molecule has 0 fully saturated rings. The van der Waals surface area contributed by atoms with E-state index in [0.29, 0.717) is 24.5 Å². The Bertz CT molecular complexity index is 1000. The molecule has 0 saturated carbocycles. The van der Waals surface area contributed by atoms with Gasteiger partial charge in [0.25, 0.3) is 5.91 Å². The zero-order valence-corrected chi connectivity index (χ0v) is 24.1. The van der Waals surface area contributed by atoms with Crippen LogP contribution >= 0.6 is 0 Å². The molecular formula is C31H47N3O4.